The first-order chi connectivity index (χ1) is 11.1. The Hall–Kier alpha value is -0.160. The standard InChI is InChI=1S/C18H32O3S2/c1-2-3-4-5-8-14-23-18-15(19)11-12-16(18)22-13-9-6-7-10-17(20)21/h16,18H,2-14H2,1H3,(H,20,21)/t16-,18-/m0/s1. The zero-order valence-corrected chi connectivity index (χ0v) is 16.1. The highest BCUT2D eigenvalue weighted by atomic mass is 32.2. The highest BCUT2D eigenvalue weighted by Crippen LogP contribution is 2.36. The molecule has 0 bridgehead atoms. The van der Waals surface area contributed by atoms with Crippen LogP contribution >= 0.6 is 23.5 Å². The van der Waals surface area contributed by atoms with E-state index in [1.807, 2.05) is 23.5 Å². The summed E-state index contributed by atoms with van der Waals surface area (Å²) in [5.41, 5.74) is 0. The summed E-state index contributed by atoms with van der Waals surface area (Å²) in [7, 11) is 0. The number of hydrogen-bond donors (Lipinski definition) is 1. The van der Waals surface area contributed by atoms with Gasteiger partial charge in [-0.2, -0.15) is 11.8 Å². The number of carboxylic acid groups (broad SMARTS) is 1. The molecule has 0 radical (unpaired) electrons. The molecule has 0 heterocycles. The molecule has 0 unspecified atom stereocenters. The van der Waals surface area contributed by atoms with Gasteiger partial charge in [0.25, 0.3) is 0 Å². The minimum atomic E-state index is -0.700. The summed E-state index contributed by atoms with van der Waals surface area (Å²) in [5.74, 6) is 1.93. The summed E-state index contributed by atoms with van der Waals surface area (Å²) in [4.78, 5) is 22.5. The van der Waals surface area contributed by atoms with Crippen LogP contribution in [-0.4, -0.2) is 38.9 Å². The molecule has 5 heteroatoms. The number of carbonyl (C=O) groups excluding carboxylic acids is 1. The average Bonchev–Trinajstić information content (AvgIpc) is 2.86. The highest BCUT2D eigenvalue weighted by molar-refractivity contribution is 8.04. The van der Waals surface area contributed by atoms with Gasteiger partial charge in [-0.3, -0.25) is 9.59 Å². The molecule has 0 amide bonds. The van der Waals surface area contributed by atoms with Gasteiger partial charge in [-0.15, -0.1) is 11.8 Å². The summed E-state index contributed by atoms with van der Waals surface area (Å²) in [5, 5.41) is 9.31. The molecule has 1 fully saturated rings. The van der Waals surface area contributed by atoms with E-state index >= 15 is 0 Å². The Bertz CT molecular complexity index is 347. The van der Waals surface area contributed by atoms with Crippen molar-refractivity contribution < 1.29 is 14.7 Å². The topological polar surface area (TPSA) is 54.4 Å². The van der Waals surface area contributed by atoms with Crippen molar-refractivity contribution in [3.8, 4) is 0 Å². The normalized spacial score (nSPS) is 21.0. The van der Waals surface area contributed by atoms with Gasteiger partial charge in [0.15, 0.2) is 0 Å². The Morgan fingerprint density at radius 1 is 1.04 bits per heavy atom. The molecule has 1 aliphatic rings. The van der Waals surface area contributed by atoms with Gasteiger partial charge in [-0.1, -0.05) is 39.0 Å². The van der Waals surface area contributed by atoms with Crippen molar-refractivity contribution in [3.63, 3.8) is 0 Å². The van der Waals surface area contributed by atoms with E-state index in [0.29, 0.717) is 11.0 Å². The lowest BCUT2D eigenvalue weighted by Crippen LogP contribution is -2.20. The number of carboxylic acids is 1. The minimum absolute atomic E-state index is 0.213. The third-order valence-corrected chi connectivity index (χ3v) is 7.35. The van der Waals surface area contributed by atoms with E-state index in [4.69, 9.17) is 5.11 Å². The van der Waals surface area contributed by atoms with Crippen LogP contribution in [-0.2, 0) is 9.59 Å². The van der Waals surface area contributed by atoms with E-state index in [-0.39, 0.29) is 11.7 Å². The van der Waals surface area contributed by atoms with Gasteiger partial charge in [0.1, 0.15) is 5.78 Å². The summed E-state index contributed by atoms with van der Waals surface area (Å²) < 4.78 is 0. The molecule has 1 N–H and O–H groups in total. The molecule has 0 aliphatic heterocycles. The van der Waals surface area contributed by atoms with Crippen LogP contribution < -0.4 is 0 Å². The van der Waals surface area contributed by atoms with E-state index in [2.05, 4.69) is 6.92 Å². The van der Waals surface area contributed by atoms with E-state index in [1.165, 1.54) is 32.1 Å². The summed E-state index contributed by atoms with van der Waals surface area (Å²) in [6.07, 6.45) is 11.3. The van der Waals surface area contributed by atoms with Crippen molar-refractivity contribution in [2.24, 2.45) is 0 Å². The summed E-state index contributed by atoms with van der Waals surface area (Å²) >= 11 is 3.82. The lowest BCUT2D eigenvalue weighted by Gasteiger charge is -2.17. The zero-order chi connectivity index (χ0) is 16.9. The first-order valence-corrected chi connectivity index (χ1v) is 11.2. The number of hydrogen-bond acceptors (Lipinski definition) is 4. The van der Waals surface area contributed by atoms with Crippen LogP contribution in [0.15, 0.2) is 0 Å². The first kappa shape index (κ1) is 20.9. The smallest absolute Gasteiger partial charge is 0.303 e. The largest absolute Gasteiger partial charge is 0.481 e. The maximum Gasteiger partial charge on any atom is 0.303 e. The highest BCUT2D eigenvalue weighted by Gasteiger charge is 2.34. The number of Topliss-reactive ketones (excluding diaryl/α,β-unsaturated/α-hetero) is 1. The van der Waals surface area contributed by atoms with Crippen LogP contribution in [0, 0.1) is 0 Å². The molecule has 1 aliphatic carbocycles. The van der Waals surface area contributed by atoms with E-state index in [0.717, 1.165) is 43.6 Å². The first-order valence-electron chi connectivity index (χ1n) is 9.13. The molecular formula is C18H32O3S2. The van der Waals surface area contributed by atoms with Crippen LogP contribution in [0.4, 0.5) is 0 Å². The number of aliphatic carboxylic acids is 1. The number of carbonyl (C=O) groups is 2. The molecule has 23 heavy (non-hydrogen) atoms. The lowest BCUT2D eigenvalue weighted by molar-refractivity contribution is -0.137. The van der Waals surface area contributed by atoms with E-state index < -0.39 is 5.97 Å². The molecule has 0 saturated heterocycles. The lowest BCUT2D eigenvalue weighted by atomic mass is 10.2. The number of ketones is 1. The molecule has 2 atom stereocenters. The van der Waals surface area contributed by atoms with Gasteiger partial charge in [-0.25, -0.2) is 0 Å². The monoisotopic (exact) mass is 360 g/mol. The predicted molar refractivity (Wildman–Crippen MR) is 102 cm³/mol. The van der Waals surface area contributed by atoms with Gasteiger partial charge < -0.3 is 5.11 Å². The van der Waals surface area contributed by atoms with Crippen molar-refractivity contribution in [2.45, 2.75) is 88.1 Å². The summed E-state index contributed by atoms with van der Waals surface area (Å²) in [6.45, 7) is 2.23. The fraction of sp³-hybridized carbons (Fsp3) is 0.889. The molecule has 134 valence electrons. The SMILES string of the molecule is CCCCCCCS[C@H]1C(=O)CC[C@@H]1SCCCCCC(=O)O. The van der Waals surface area contributed by atoms with Crippen molar-refractivity contribution in [1.29, 1.82) is 0 Å². The third-order valence-electron chi connectivity index (χ3n) is 4.24. The van der Waals surface area contributed by atoms with Crippen LogP contribution in [0.25, 0.3) is 0 Å². The van der Waals surface area contributed by atoms with Gasteiger partial charge in [0.2, 0.25) is 0 Å². The Morgan fingerprint density at radius 3 is 2.39 bits per heavy atom. The predicted octanol–water partition coefficient (Wildman–Crippen LogP) is 5.17. The fourth-order valence-electron chi connectivity index (χ4n) is 2.86. The molecule has 0 spiro atoms. The number of thioether (sulfide) groups is 2. The summed E-state index contributed by atoms with van der Waals surface area (Å²) in [6, 6.07) is 0. The van der Waals surface area contributed by atoms with E-state index in [1.54, 1.807) is 0 Å². The Kier molecular flexibility index (Phi) is 12.0. The number of unbranched alkanes of at least 4 members (excludes halogenated alkanes) is 6. The second-order valence-corrected chi connectivity index (χ2v) is 8.92. The Balaban J connectivity index is 2.11. The van der Waals surface area contributed by atoms with Gasteiger partial charge in [-0.05, 0) is 37.2 Å². The van der Waals surface area contributed by atoms with Crippen molar-refractivity contribution in [1.82, 2.24) is 0 Å². The molecule has 0 aromatic heterocycles. The van der Waals surface area contributed by atoms with Crippen molar-refractivity contribution in [2.75, 3.05) is 11.5 Å². The maximum absolute atomic E-state index is 12.1. The molecular weight excluding hydrogens is 328 g/mol. The average molecular weight is 361 g/mol. The maximum atomic E-state index is 12.1. The zero-order valence-electron chi connectivity index (χ0n) is 14.4. The number of rotatable bonds is 14. The quantitative estimate of drug-likeness (QED) is 0.433. The molecule has 0 aromatic rings. The van der Waals surface area contributed by atoms with Crippen LogP contribution in [0.1, 0.15) is 77.6 Å². The molecule has 1 saturated carbocycles. The molecule has 3 nitrogen and oxygen atoms in total. The van der Waals surface area contributed by atoms with Crippen LogP contribution in [0.2, 0.25) is 0 Å². The van der Waals surface area contributed by atoms with E-state index in [9.17, 15) is 9.59 Å². The van der Waals surface area contributed by atoms with Crippen molar-refractivity contribution in [3.05, 3.63) is 0 Å². The van der Waals surface area contributed by atoms with Crippen LogP contribution in [0.3, 0.4) is 0 Å². The minimum Gasteiger partial charge on any atom is -0.481 e. The van der Waals surface area contributed by atoms with Gasteiger partial charge in [0.05, 0.1) is 5.25 Å². The Labute approximate surface area is 149 Å². The Morgan fingerprint density at radius 2 is 1.70 bits per heavy atom. The second kappa shape index (κ2) is 13.2. The molecule has 1 rings (SSSR count). The van der Waals surface area contributed by atoms with Gasteiger partial charge in [0, 0.05) is 18.1 Å². The second-order valence-electron chi connectivity index (χ2n) is 6.32. The third kappa shape index (κ3) is 9.65. The molecule has 0 aromatic carbocycles. The van der Waals surface area contributed by atoms with Crippen LogP contribution in [0.5, 0.6) is 0 Å². The fourth-order valence-corrected chi connectivity index (χ4v) is 5.90. The van der Waals surface area contributed by atoms with Gasteiger partial charge >= 0.3 is 5.97 Å². The van der Waals surface area contributed by atoms with Crippen molar-refractivity contribution >= 4 is 35.3 Å².